The first-order valence-electron chi connectivity index (χ1n) is 11.8. The third kappa shape index (κ3) is 6.63. The molecule has 2 aromatic carbocycles. The van der Waals surface area contributed by atoms with E-state index in [1.165, 1.54) is 30.2 Å². The van der Waals surface area contributed by atoms with Crippen LogP contribution in [0.5, 0.6) is 5.75 Å². The maximum atomic E-state index is 13.5. The lowest BCUT2D eigenvalue weighted by atomic mass is 9.99. The van der Waals surface area contributed by atoms with E-state index in [1.54, 1.807) is 18.5 Å². The second-order valence-corrected chi connectivity index (χ2v) is 9.10. The summed E-state index contributed by atoms with van der Waals surface area (Å²) in [7, 11) is 1.22. The van der Waals surface area contributed by atoms with Crippen molar-refractivity contribution in [2.75, 3.05) is 26.7 Å². The van der Waals surface area contributed by atoms with Gasteiger partial charge in [-0.25, -0.2) is 0 Å². The first kappa shape index (κ1) is 27.4. The Labute approximate surface area is 215 Å². The standard InChI is InChI=1S/C27H25F6N3O2/c1-38-24-13-20(12-22(14-24)27(31,32)33)25(37)36-10-9-35(16-19-3-2-8-34-15-19)17-23(36)11-18-4-6-21(7-5-18)26(28,29)30/h2-8,12-15,23H,9-11,16-17H2,1H3/t23-/m1/s1. The lowest BCUT2D eigenvalue weighted by molar-refractivity contribution is -0.138. The number of halogens is 6. The molecule has 3 aromatic rings. The number of pyridine rings is 1. The number of amides is 1. The summed E-state index contributed by atoms with van der Waals surface area (Å²) in [5.41, 5.74) is -0.439. The summed E-state index contributed by atoms with van der Waals surface area (Å²) < 4.78 is 84.4. The average molecular weight is 538 g/mol. The van der Waals surface area contributed by atoms with E-state index in [-0.39, 0.29) is 24.3 Å². The quantitative estimate of drug-likeness (QED) is 0.379. The maximum Gasteiger partial charge on any atom is 0.416 e. The molecular weight excluding hydrogens is 512 g/mol. The van der Waals surface area contributed by atoms with Gasteiger partial charge >= 0.3 is 12.4 Å². The molecular formula is C27H25F6N3O2. The number of hydrogen-bond acceptors (Lipinski definition) is 4. The molecule has 0 spiro atoms. The molecule has 11 heteroatoms. The molecule has 2 heterocycles. The molecule has 0 N–H and O–H groups in total. The van der Waals surface area contributed by atoms with Gasteiger partial charge in [-0.1, -0.05) is 18.2 Å². The van der Waals surface area contributed by atoms with E-state index in [4.69, 9.17) is 4.74 Å². The first-order chi connectivity index (χ1) is 17.9. The summed E-state index contributed by atoms with van der Waals surface area (Å²) in [6.07, 6.45) is -5.56. The second kappa shape index (κ2) is 11.0. The molecule has 1 amide bonds. The summed E-state index contributed by atoms with van der Waals surface area (Å²) in [4.78, 5) is 21.2. The number of aromatic nitrogens is 1. The van der Waals surface area contributed by atoms with Gasteiger partial charge in [0.15, 0.2) is 0 Å². The van der Waals surface area contributed by atoms with Gasteiger partial charge in [-0.2, -0.15) is 26.3 Å². The van der Waals surface area contributed by atoms with Crippen LogP contribution in [0.3, 0.4) is 0 Å². The molecule has 202 valence electrons. The molecule has 0 bridgehead atoms. The maximum absolute atomic E-state index is 13.5. The number of carbonyl (C=O) groups excluding carboxylic acids is 1. The minimum atomic E-state index is -4.67. The molecule has 1 aromatic heterocycles. The molecule has 1 aliphatic rings. The molecule has 0 aliphatic carbocycles. The molecule has 4 rings (SSSR count). The Hall–Kier alpha value is -3.60. The van der Waals surface area contributed by atoms with Crippen LogP contribution in [0, 0.1) is 0 Å². The van der Waals surface area contributed by atoms with Gasteiger partial charge in [-0.15, -0.1) is 0 Å². The van der Waals surface area contributed by atoms with Crippen molar-refractivity contribution < 1.29 is 35.9 Å². The molecule has 1 fully saturated rings. The fraction of sp³-hybridized carbons (Fsp3) is 0.333. The third-order valence-electron chi connectivity index (χ3n) is 6.43. The van der Waals surface area contributed by atoms with Gasteiger partial charge in [0.1, 0.15) is 5.75 Å². The average Bonchev–Trinajstić information content (AvgIpc) is 2.88. The number of rotatable bonds is 6. The van der Waals surface area contributed by atoms with E-state index < -0.39 is 35.4 Å². The van der Waals surface area contributed by atoms with E-state index in [0.717, 1.165) is 29.8 Å². The van der Waals surface area contributed by atoms with Crippen LogP contribution in [0.4, 0.5) is 26.3 Å². The van der Waals surface area contributed by atoms with Crippen molar-refractivity contribution in [1.82, 2.24) is 14.8 Å². The molecule has 1 saturated heterocycles. The molecule has 38 heavy (non-hydrogen) atoms. The van der Waals surface area contributed by atoms with E-state index >= 15 is 0 Å². The first-order valence-corrected chi connectivity index (χ1v) is 11.8. The van der Waals surface area contributed by atoms with E-state index in [1.807, 2.05) is 6.07 Å². The van der Waals surface area contributed by atoms with Crippen LogP contribution in [0.1, 0.15) is 32.6 Å². The molecule has 1 aliphatic heterocycles. The third-order valence-corrected chi connectivity index (χ3v) is 6.43. The van der Waals surface area contributed by atoms with E-state index in [9.17, 15) is 31.1 Å². The Morgan fingerprint density at radius 1 is 0.947 bits per heavy atom. The van der Waals surface area contributed by atoms with Crippen LogP contribution >= 0.6 is 0 Å². The Morgan fingerprint density at radius 3 is 2.26 bits per heavy atom. The van der Waals surface area contributed by atoms with Crippen LogP contribution in [-0.2, 0) is 25.3 Å². The van der Waals surface area contributed by atoms with Crippen molar-refractivity contribution >= 4 is 5.91 Å². The smallest absolute Gasteiger partial charge is 0.416 e. The summed E-state index contributed by atoms with van der Waals surface area (Å²) in [5, 5.41) is 0. The highest BCUT2D eigenvalue weighted by Crippen LogP contribution is 2.34. The highest BCUT2D eigenvalue weighted by molar-refractivity contribution is 5.95. The van der Waals surface area contributed by atoms with Gasteiger partial charge in [0.2, 0.25) is 0 Å². The van der Waals surface area contributed by atoms with Gasteiger partial charge in [0.05, 0.1) is 18.2 Å². The Kier molecular flexibility index (Phi) is 7.96. The van der Waals surface area contributed by atoms with E-state index in [2.05, 4.69) is 9.88 Å². The Bertz CT molecular complexity index is 1250. The zero-order chi connectivity index (χ0) is 27.5. The topological polar surface area (TPSA) is 45.7 Å². The number of hydrogen-bond donors (Lipinski definition) is 0. The largest absolute Gasteiger partial charge is 0.497 e. The van der Waals surface area contributed by atoms with Gasteiger partial charge in [0.25, 0.3) is 5.91 Å². The normalized spacial score (nSPS) is 16.9. The number of ether oxygens (including phenoxy) is 1. The summed E-state index contributed by atoms with van der Waals surface area (Å²) >= 11 is 0. The number of benzene rings is 2. The second-order valence-electron chi connectivity index (χ2n) is 9.10. The number of alkyl halides is 6. The SMILES string of the molecule is COc1cc(C(=O)N2CCN(Cc3cccnc3)C[C@H]2Cc2ccc(C(F)(F)F)cc2)cc(C(F)(F)F)c1. The summed E-state index contributed by atoms with van der Waals surface area (Å²) in [6.45, 7) is 1.59. The number of methoxy groups -OCH3 is 1. The van der Waals surface area contributed by atoms with Crippen LogP contribution in [0.15, 0.2) is 67.0 Å². The Morgan fingerprint density at radius 2 is 1.66 bits per heavy atom. The lowest BCUT2D eigenvalue weighted by Crippen LogP contribution is -2.55. The predicted molar refractivity (Wildman–Crippen MR) is 127 cm³/mol. The minimum absolute atomic E-state index is 0.0994. The number of carbonyl (C=O) groups is 1. The van der Waals surface area contributed by atoms with Crippen molar-refractivity contribution in [2.45, 2.75) is 31.4 Å². The van der Waals surface area contributed by atoms with Gasteiger partial charge in [0, 0.05) is 50.2 Å². The van der Waals surface area contributed by atoms with Crippen LogP contribution in [0.25, 0.3) is 0 Å². The highest BCUT2D eigenvalue weighted by atomic mass is 19.4. The van der Waals surface area contributed by atoms with E-state index in [0.29, 0.717) is 25.2 Å². The monoisotopic (exact) mass is 537 g/mol. The zero-order valence-electron chi connectivity index (χ0n) is 20.4. The number of nitrogens with zero attached hydrogens (tertiary/aromatic N) is 3. The van der Waals surface area contributed by atoms with Crippen molar-refractivity contribution in [3.05, 3.63) is 94.8 Å². The lowest BCUT2D eigenvalue weighted by Gasteiger charge is -2.42. The fourth-order valence-corrected chi connectivity index (χ4v) is 4.53. The van der Waals surface area contributed by atoms with Gasteiger partial charge in [-0.05, 0) is 53.9 Å². The van der Waals surface area contributed by atoms with Crippen LogP contribution in [-0.4, -0.2) is 53.5 Å². The van der Waals surface area contributed by atoms with Crippen LogP contribution in [0.2, 0.25) is 0 Å². The highest BCUT2D eigenvalue weighted by Gasteiger charge is 2.35. The van der Waals surface area contributed by atoms with Gasteiger partial charge < -0.3 is 9.64 Å². The summed E-state index contributed by atoms with van der Waals surface area (Å²) in [5.74, 6) is -0.704. The summed E-state index contributed by atoms with van der Waals surface area (Å²) in [6, 6.07) is 10.8. The molecule has 0 unspecified atom stereocenters. The molecule has 0 saturated carbocycles. The van der Waals surface area contributed by atoms with Crippen molar-refractivity contribution in [3.63, 3.8) is 0 Å². The van der Waals surface area contributed by atoms with Crippen molar-refractivity contribution in [2.24, 2.45) is 0 Å². The molecule has 0 radical (unpaired) electrons. The van der Waals surface area contributed by atoms with Gasteiger partial charge in [-0.3, -0.25) is 14.7 Å². The molecule has 5 nitrogen and oxygen atoms in total. The Balaban J connectivity index is 1.62. The van der Waals surface area contributed by atoms with Crippen LogP contribution < -0.4 is 4.74 Å². The predicted octanol–water partition coefficient (Wildman–Crippen LogP) is 5.70. The van der Waals surface area contributed by atoms with Crippen molar-refractivity contribution in [3.8, 4) is 5.75 Å². The number of piperazine rings is 1. The fourth-order valence-electron chi connectivity index (χ4n) is 4.53. The van der Waals surface area contributed by atoms with Crippen molar-refractivity contribution in [1.29, 1.82) is 0 Å². The molecule has 1 atom stereocenters. The zero-order valence-corrected chi connectivity index (χ0v) is 20.4. The minimum Gasteiger partial charge on any atom is -0.497 e.